The standard InChI is InChI=1S/C27H35FN4O/c1-20-24(19-31(3)29-20)18-30(2)27(16-21-4-8-25(28)9-5-21)23-12-14-32(15-13-23)17-22-6-10-26(33)11-7-22/h4-11,19,23,27,33H,12-18H2,1-3H3/t27-/m1/s1. The zero-order chi connectivity index (χ0) is 23.4. The van der Waals surface area contributed by atoms with Gasteiger partial charge in [-0.2, -0.15) is 5.10 Å². The first-order valence-corrected chi connectivity index (χ1v) is 11.8. The highest BCUT2D eigenvalue weighted by molar-refractivity contribution is 5.26. The van der Waals surface area contributed by atoms with Gasteiger partial charge in [0.1, 0.15) is 11.6 Å². The molecule has 6 heteroatoms. The van der Waals surface area contributed by atoms with E-state index in [1.807, 2.05) is 36.0 Å². The Morgan fingerprint density at radius 1 is 1.06 bits per heavy atom. The number of nitrogens with zero attached hydrogens (tertiary/aromatic N) is 4. The normalized spacial score (nSPS) is 16.4. The lowest BCUT2D eigenvalue weighted by Crippen LogP contribution is -2.45. The molecule has 0 bridgehead atoms. The van der Waals surface area contributed by atoms with Gasteiger partial charge in [0.05, 0.1) is 5.69 Å². The van der Waals surface area contributed by atoms with E-state index in [0.717, 1.165) is 51.1 Å². The molecule has 2 heterocycles. The van der Waals surface area contributed by atoms with Crippen molar-refractivity contribution in [1.82, 2.24) is 19.6 Å². The first-order chi connectivity index (χ1) is 15.9. The third-order valence-corrected chi connectivity index (χ3v) is 6.98. The van der Waals surface area contributed by atoms with Crippen LogP contribution in [-0.4, -0.2) is 50.9 Å². The van der Waals surface area contributed by atoms with Gasteiger partial charge in [0.2, 0.25) is 0 Å². The van der Waals surface area contributed by atoms with Crippen LogP contribution in [0.5, 0.6) is 5.75 Å². The van der Waals surface area contributed by atoms with Gasteiger partial charge in [-0.15, -0.1) is 0 Å². The van der Waals surface area contributed by atoms with E-state index in [-0.39, 0.29) is 5.82 Å². The molecule has 0 saturated carbocycles. The molecule has 0 spiro atoms. The maximum atomic E-state index is 13.5. The summed E-state index contributed by atoms with van der Waals surface area (Å²) in [5, 5.41) is 14.0. The summed E-state index contributed by atoms with van der Waals surface area (Å²) in [5.74, 6) is 0.707. The van der Waals surface area contributed by atoms with Crippen LogP contribution in [-0.2, 0) is 26.6 Å². The van der Waals surface area contributed by atoms with Crippen molar-refractivity contribution in [2.45, 2.75) is 45.3 Å². The van der Waals surface area contributed by atoms with Gasteiger partial charge >= 0.3 is 0 Å². The Kier molecular flexibility index (Phi) is 7.46. The fourth-order valence-corrected chi connectivity index (χ4v) is 5.09. The smallest absolute Gasteiger partial charge is 0.123 e. The number of halogens is 1. The molecule has 3 aromatic rings. The molecule has 1 fully saturated rings. The second-order valence-electron chi connectivity index (χ2n) is 9.51. The maximum absolute atomic E-state index is 13.5. The Hall–Kier alpha value is -2.70. The monoisotopic (exact) mass is 450 g/mol. The summed E-state index contributed by atoms with van der Waals surface area (Å²) in [7, 11) is 4.18. The molecule has 1 saturated heterocycles. The van der Waals surface area contributed by atoms with Crippen molar-refractivity contribution in [3.05, 3.63) is 82.9 Å². The predicted octanol–water partition coefficient (Wildman–Crippen LogP) is 4.53. The lowest BCUT2D eigenvalue weighted by molar-refractivity contribution is 0.0953. The number of benzene rings is 2. The first kappa shape index (κ1) is 23.5. The zero-order valence-corrected chi connectivity index (χ0v) is 19.9. The summed E-state index contributed by atoms with van der Waals surface area (Å²) < 4.78 is 15.4. The highest BCUT2D eigenvalue weighted by Crippen LogP contribution is 2.28. The van der Waals surface area contributed by atoms with E-state index in [0.29, 0.717) is 17.7 Å². The third kappa shape index (κ3) is 6.21. The molecule has 2 aromatic carbocycles. The van der Waals surface area contributed by atoms with Gasteiger partial charge in [0, 0.05) is 37.9 Å². The summed E-state index contributed by atoms with van der Waals surface area (Å²) in [5.41, 5.74) is 4.75. The molecule has 1 aliphatic rings. The average Bonchev–Trinajstić information content (AvgIpc) is 3.12. The molecule has 0 radical (unpaired) electrons. The first-order valence-electron chi connectivity index (χ1n) is 11.8. The summed E-state index contributed by atoms with van der Waals surface area (Å²) in [4.78, 5) is 4.97. The van der Waals surface area contributed by atoms with Crippen molar-refractivity contribution in [3.63, 3.8) is 0 Å². The van der Waals surface area contributed by atoms with Crippen LogP contribution in [0.1, 0.15) is 35.2 Å². The predicted molar refractivity (Wildman–Crippen MR) is 129 cm³/mol. The van der Waals surface area contributed by atoms with Gasteiger partial charge in [-0.25, -0.2) is 4.39 Å². The molecule has 1 aliphatic heterocycles. The summed E-state index contributed by atoms with van der Waals surface area (Å²) >= 11 is 0. The fourth-order valence-electron chi connectivity index (χ4n) is 5.09. The second kappa shape index (κ2) is 10.5. The molecular weight excluding hydrogens is 415 g/mol. The van der Waals surface area contributed by atoms with Crippen LogP contribution >= 0.6 is 0 Å². The van der Waals surface area contributed by atoms with Gasteiger partial charge in [-0.3, -0.25) is 14.5 Å². The Bertz CT molecular complexity index is 1020. The largest absolute Gasteiger partial charge is 0.508 e. The number of phenolic OH excluding ortho intramolecular Hbond substituents is 1. The SMILES string of the molecule is Cc1nn(C)cc1CN(C)[C@H](Cc1ccc(F)cc1)C1CCN(Cc2ccc(O)cc2)CC1. The van der Waals surface area contributed by atoms with Gasteiger partial charge < -0.3 is 5.11 Å². The number of aromatic nitrogens is 2. The van der Waals surface area contributed by atoms with E-state index in [1.165, 1.54) is 16.7 Å². The van der Waals surface area contributed by atoms with Crippen LogP contribution in [0.25, 0.3) is 0 Å². The molecule has 1 aromatic heterocycles. The minimum atomic E-state index is -0.183. The number of hydrogen-bond acceptors (Lipinski definition) is 4. The van der Waals surface area contributed by atoms with E-state index >= 15 is 0 Å². The number of rotatable bonds is 8. The Labute approximate surface area is 196 Å². The van der Waals surface area contributed by atoms with Crippen LogP contribution in [0.3, 0.4) is 0 Å². The van der Waals surface area contributed by atoms with Crippen LogP contribution in [0.15, 0.2) is 54.7 Å². The summed E-state index contributed by atoms with van der Waals surface area (Å²) in [6.07, 6.45) is 5.31. The van der Waals surface area contributed by atoms with Crippen molar-refractivity contribution in [2.75, 3.05) is 20.1 Å². The quantitative estimate of drug-likeness (QED) is 0.548. The average molecular weight is 451 g/mol. The number of likely N-dealkylation sites (N-methyl/N-ethyl adjacent to an activating group) is 1. The van der Waals surface area contributed by atoms with Crippen molar-refractivity contribution in [1.29, 1.82) is 0 Å². The third-order valence-electron chi connectivity index (χ3n) is 6.98. The topological polar surface area (TPSA) is 44.5 Å². The van der Waals surface area contributed by atoms with E-state index in [2.05, 4.69) is 35.1 Å². The molecule has 33 heavy (non-hydrogen) atoms. The summed E-state index contributed by atoms with van der Waals surface area (Å²) in [6.45, 7) is 5.97. The molecule has 0 aliphatic carbocycles. The molecule has 1 atom stereocenters. The Morgan fingerprint density at radius 2 is 1.70 bits per heavy atom. The highest BCUT2D eigenvalue weighted by Gasteiger charge is 2.30. The van der Waals surface area contributed by atoms with Gasteiger partial charge in [0.25, 0.3) is 0 Å². The molecule has 0 amide bonds. The molecule has 0 unspecified atom stereocenters. The van der Waals surface area contributed by atoms with Gasteiger partial charge in [-0.05, 0) is 87.6 Å². The van der Waals surface area contributed by atoms with E-state index in [9.17, 15) is 9.50 Å². The fraction of sp³-hybridized carbons (Fsp3) is 0.444. The molecule has 5 nitrogen and oxygen atoms in total. The number of likely N-dealkylation sites (tertiary alicyclic amines) is 1. The zero-order valence-electron chi connectivity index (χ0n) is 19.9. The van der Waals surface area contributed by atoms with Crippen LogP contribution < -0.4 is 0 Å². The number of piperidine rings is 1. The number of aryl methyl sites for hydroxylation is 2. The van der Waals surface area contributed by atoms with Crippen molar-refractivity contribution in [2.24, 2.45) is 13.0 Å². The van der Waals surface area contributed by atoms with Crippen LogP contribution in [0, 0.1) is 18.7 Å². The van der Waals surface area contributed by atoms with Crippen LogP contribution in [0.4, 0.5) is 4.39 Å². The highest BCUT2D eigenvalue weighted by atomic mass is 19.1. The van der Waals surface area contributed by atoms with E-state index in [4.69, 9.17) is 0 Å². The Morgan fingerprint density at radius 3 is 2.30 bits per heavy atom. The Balaban J connectivity index is 1.44. The van der Waals surface area contributed by atoms with Crippen molar-refractivity contribution < 1.29 is 9.50 Å². The summed E-state index contributed by atoms with van der Waals surface area (Å²) in [6, 6.07) is 14.9. The molecule has 176 valence electrons. The van der Waals surface area contributed by atoms with Crippen molar-refractivity contribution >= 4 is 0 Å². The van der Waals surface area contributed by atoms with Gasteiger partial charge in [-0.1, -0.05) is 24.3 Å². The lowest BCUT2D eigenvalue weighted by Gasteiger charge is -2.40. The van der Waals surface area contributed by atoms with Gasteiger partial charge in [0.15, 0.2) is 0 Å². The van der Waals surface area contributed by atoms with Crippen LogP contribution in [0.2, 0.25) is 0 Å². The number of phenols is 1. The maximum Gasteiger partial charge on any atom is 0.123 e. The molecule has 4 rings (SSSR count). The lowest BCUT2D eigenvalue weighted by atomic mass is 9.84. The molecular formula is C27H35FN4O. The minimum Gasteiger partial charge on any atom is -0.508 e. The van der Waals surface area contributed by atoms with Crippen molar-refractivity contribution in [3.8, 4) is 5.75 Å². The van der Waals surface area contributed by atoms with E-state index in [1.54, 1.807) is 24.3 Å². The molecule has 1 N–H and O–H groups in total. The minimum absolute atomic E-state index is 0.183. The number of hydrogen-bond donors (Lipinski definition) is 1. The van der Waals surface area contributed by atoms with E-state index < -0.39 is 0 Å². The number of aromatic hydroxyl groups is 1. The second-order valence-corrected chi connectivity index (χ2v) is 9.51.